The normalized spacial score (nSPS) is 14.9. The molecule has 2 aromatic heterocycles. The molecule has 1 aromatic carbocycles. The second kappa shape index (κ2) is 8.49. The number of hydrogen-bond donors (Lipinski definition) is 2. The number of morpholine rings is 1. The number of pyridine rings is 1. The van der Waals surface area contributed by atoms with Gasteiger partial charge in [0.05, 0.1) is 31.6 Å². The molecule has 0 amide bonds. The fourth-order valence-corrected chi connectivity index (χ4v) is 3.57. The average molecular weight is 405 g/mol. The molecule has 1 aliphatic heterocycles. The molecule has 4 rings (SSSR count). The average Bonchev–Trinajstić information content (AvgIpc) is 2.80. The van der Waals surface area contributed by atoms with Gasteiger partial charge in [0.15, 0.2) is 5.82 Å². The van der Waals surface area contributed by atoms with Crippen molar-refractivity contribution in [2.75, 3.05) is 43.6 Å². The highest BCUT2D eigenvalue weighted by Gasteiger charge is 2.19. The highest BCUT2D eigenvalue weighted by molar-refractivity contribution is 5.94. The van der Waals surface area contributed by atoms with Crippen molar-refractivity contribution in [3.8, 4) is 11.8 Å². The van der Waals surface area contributed by atoms with Crippen molar-refractivity contribution in [2.24, 2.45) is 5.73 Å². The van der Waals surface area contributed by atoms with Crippen LogP contribution in [0.5, 0.6) is 5.75 Å². The highest BCUT2D eigenvalue weighted by atomic mass is 16.5. The van der Waals surface area contributed by atoms with Crippen molar-refractivity contribution in [1.29, 1.82) is 5.26 Å². The summed E-state index contributed by atoms with van der Waals surface area (Å²) in [6.07, 6.45) is 1.17. The molecule has 3 N–H and O–H groups in total. The van der Waals surface area contributed by atoms with E-state index in [2.05, 4.69) is 31.5 Å². The zero-order valence-corrected chi connectivity index (χ0v) is 16.9. The molecule has 1 atom stereocenters. The smallest absolute Gasteiger partial charge is 0.158 e. The SMILES string of the molecule is COc1c(C#N)cccc1[C@@H](N)Nc1nnc(C)c2cnc(N3CCOCC3)cc12. The molecule has 9 heteroatoms. The van der Waals surface area contributed by atoms with Crippen LogP contribution in [0.4, 0.5) is 11.6 Å². The first-order chi connectivity index (χ1) is 14.6. The lowest BCUT2D eigenvalue weighted by atomic mass is 10.1. The number of nitrogens with zero attached hydrogens (tertiary/aromatic N) is 5. The number of hydrogen-bond acceptors (Lipinski definition) is 9. The van der Waals surface area contributed by atoms with E-state index < -0.39 is 6.17 Å². The summed E-state index contributed by atoms with van der Waals surface area (Å²) in [7, 11) is 1.52. The van der Waals surface area contributed by atoms with E-state index in [4.69, 9.17) is 15.2 Å². The van der Waals surface area contributed by atoms with Gasteiger partial charge in [0, 0.05) is 35.6 Å². The summed E-state index contributed by atoms with van der Waals surface area (Å²) in [5.41, 5.74) is 8.30. The summed E-state index contributed by atoms with van der Waals surface area (Å²) in [5, 5.41) is 22.9. The topological polar surface area (TPSA) is 122 Å². The first kappa shape index (κ1) is 19.8. The van der Waals surface area contributed by atoms with Crippen LogP contribution in [0.3, 0.4) is 0 Å². The second-order valence-corrected chi connectivity index (χ2v) is 6.98. The van der Waals surface area contributed by atoms with E-state index in [1.165, 1.54) is 7.11 Å². The molecule has 0 aliphatic carbocycles. The number of fused-ring (bicyclic) bond motifs is 1. The molecule has 0 bridgehead atoms. The zero-order chi connectivity index (χ0) is 21.1. The van der Waals surface area contributed by atoms with Gasteiger partial charge in [0.1, 0.15) is 23.8 Å². The molecule has 1 fully saturated rings. The molecule has 0 saturated carbocycles. The lowest BCUT2D eigenvalue weighted by Gasteiger charge is -2.28. The van der Waals surface area contributed by atoms with Crippen LogP contribution >= 0.6 is 0 Å². The molecule has 154 valence electrons. The predicted octanol–water partition coefficient (Wildman–Crippen LogP) is 2.12. The number of aromatic nitrogens is 3. The van der Waals surface area contributed by atoms with Crippen molar-refractivity contribution >= 4 is 22.4 Å². The maximum atomic E-state index is 9.34. The Bertz CT molecular complexity index is 1110. The Morgan fingerprint density at radius 1 is 1.27 bits per heavy atom. The van der Waals surface area contributed by atoms with Crippen LogP contribution in [0.1, 0.15) is 23.0 Å². The van der Waals surface area contributed by atoms with Gasteiger partial charge >= 0.3 is 0 Å². The Morgan fingerprint density at radius 3 is 2.80 bits per heavy atom. The zero-order valence-electron chi connectivity index (χ0n) is 16.9. The second-order valence-electron chi connectivity index (χ2n) is 6.98. The van der Waals surface area contributed by atoms with Crippen LogP contribution in [0.2, 0.25) is 0 Å². The van der Waals surface area contributed by atoms with Gasteiger partial charge < -0.3 is 25.4 Å². The van der Waals surface area contributed by atoms with Gasteiger partial charge in [-0.05, 0) is 19.1 Å². The van der Waals surface area contributed by atoms with Crippen molar-refractivity contribution in [3.05, 3.63) is 47.3 Å². The number of ether oxygens (including phenoxy) is 2. The fourth-order valence-electron chi connectivity index (χ4n) is 3.57. The number of methoxy groups -OCH3 is 1. The first-order valence-corrected chi connectivity index (χ1v) is 9.67. The summed E-state index contributed by atoms with van der Waals surface area (Å²) >= 11 is 0. The molecule has 3 heterocycles. The molecular formula is C21H23N7O2. The molecule has 0 unspecified atom stereocenters. The summed E-state index contributed by atoms with van der Waals surface area (Å²) < 4.78 is 10.9. The number of anilines is 2. The highest BCUT2D eigenvalue weighted by Crippen LogP contribution is 2.31. The van der Waals surface area contributed by atoms with Crippen molar-refractivity contribution < 1.29 is 9.47 Å². The Labute approximate surface area is 174 Å². The number of para-hydroxylation sites is 1. The third-order valence-corrected chi connectivity index (χ3v) is 5.17. The molecule has 0 radical (unpaired) electrons. The number of nitriles is 1. The lowest BCUT2D eigenvalue weighted by Crippen LogP contribution is -2.36. The minimum absolute atomic E-state index is 0.422. The van der Waals surface area contributed by atoms with Crippen molar-refractivity contribution in [1.82, 2.24) is 15.2 Å². The van der Waals surface area contributed by atoms with Crippen LogP contribution in [-0.4, -0.2) is 48.6 Å². The number of nitrogens with two attached hydrogens (primary N) is 1. The summed E-state index contributed by atoms with van der Waals surface area (Å²) in [6, 6.07) is 9.41. The van der Waals surface area contributed by atoms with E-state index >= 15 is 0 Å². The summed E-state index contributed by atoms with van der Waals surface area (Å²) in [6.45, 7) is 4.83. The van der Waals surface area contributed by atoms with Gasteiger partial charge in [-0.15, -0.1) is 5.10 Å². The van der Waals surface area contributed by atoms with Gasteiger partial charge in [0.2, 0.25) is 0 Å². The maximum Gasteiger partial charge on any atom is 0.158 e. The molecule has 1 saturated heterocycles. The molecule has 3 aromatic rings. The minimum atomic E-state index is -0.645. The largest absolute Gasteiger partial charge is 0.495 e. The lowest BCUT2D eigenvalue weighted by molar-refractivity contribution is 0.122. The van der Waals surface area contributed by atoms with Gasteiger partial charge in [-0.3, -0.25) is 0 Å². The Kier molecular flexibility index (Phi) is 5.61. The Morgan fingerprint density at radius 2 is 2.07 bits per heavy atom. The van der Waals surface area contributed by atoms with E-state index in [0.717, 1.165) is 35.4 Å². The van der Waals surface area contributed by atoms with Crippen LogP contribution in [0.25, 0.3) is 10.8 Å². The quantitative estimate of drug-likeness (QED) is 0.614. The third-order valence-electron chi connectivity index (χ3n) is 5.17. The van der Waals surface area contributed by atoms with Crippen LogP contribution in [-0.2, 0) is 4.74 Å². The van der Waals surface area contributed by atoms with Crippen LogP contribution < -0.4 is 20.7 Å². The molecule has 30 heavy (non-hydrogen) atoms. The maximum absolute atomic E-state index is 9.34. The van der Waals surface area contributed by atoms with E-state index in [0.29, 0.717) is 35.9 Å². The van der Waals surface area contributed by atoms with Crippen LogP contribution in [0.15, 0.2) is 30.5 Å². The Balaban J connectivity index is 1.72. The van der Waals surface area contributed by atoms with Gasteiger partial charge in [-0.2, -0.15) is 10.4 Å². The summed E-state index contributed by atoms with van der Waals surface area (Å²) in [5.74, 6) is 1.85. The Hall–Kier alpha value is -3.48. The van der Waals surface area contributed by atoms with E-state index in [9.17, 15) is 5.26 Å². The number of rotatable bonds is 5. The fraction of sp³-hybridized carbons (Fsp3) is 0.333. The number of nitrogens with one attached hydrogen (secondary N) is 1. The van der Waals surface area contributed by atoms with Gasteiger partial charge in [-0.1, -0.05) is 12.1 Å². The first-order valence-electron chi connectivity index (χ1n) is 9.67. The van der Waals surface area contributed by atoms with E-state index in [1.54, 1.807) is 12.1 Å². The monoisotopic (exact) mass is 405 g/mol. The number of benzene rings is 1. The van der Waals surface area contributed by atoms with Gasteiger partial charge in [0.25, 0.3) is 0 Å². The number of aryl methyl sites for hydroxylation is 1. The molecule has 0 spiro atoms. The predicted molar refractivity (Wildman–Crippen MR) is 113 cm³/mol. The molecule has 1 aliphatic rings. The van der Waals surface area contributed by atoms with Crippen LogP contribution in [0, 0.1) is 18.3 Å². The van der Waals surface area contributed by atoms with E-state index in [1.807, 2.05) is 25.3 Å². The third kappa shape index (κ3) is 3.70. The standard InChI is InChI=1S/C21H23N7O2/c1-13-17-12-24-18(28-6-8-30-9-7-28)10-16(17)21(27-26-13)25-20(23)15-5-3-4-14(11-22)19(15)29-2/h3-5,10,12,20H,6-9,23H2,1-2H3,(H,25,27)/t20-/m0/s1. The van der Waals surface area contributed by atoms with Crippen molar-refractivity contribution in [3.63, 3.8) is 0 Å². The molecular weight excluding hydrogens is 382 g/mol. The summed E-state index contributed by atoms with van der Waals surface area (Å²) in [4.78, 5) is 6.79. The van der Waals surface area contributed by atoms with Gasteiger partial charge in [-0.25, -0.2) is 4.98 Å². The van der Waals surface area contributed by atoms with E-state index in [-0.39, 0.29) is 0 Å². The van der Waals surface area contributed by atoms with Crippen molar-refractivity contribution in [2.45, 2.75) is 13.1 Å². The minimum Gasteiger partial charge on any atom is -0.495 e. The molecule has 9 nitrogen and oxygen atoms in total.